The first-order chi connectivity index (χ1) is 14.6. The molecule has 2 heterocycles. The van der Waals surface area contributed by atoms with Crippen molar-refractivity contribution in [3.8, 4) is 11.3 Å². The highest BCUT2D eigenvalue weighted by Gasteiger charge is 2.60. The molecule has 2 heteroatoms. The average Bonchev–Trinajstić information content (AvgIpc) is 2.77. The second kappa shape index (κ2) is 7.41. The van der Waals surface area contributed by atoms with Crippen molar-refractivity contribution in [2.75, 3.05) is 20.0 Å². The molecule has 164 valence electrons. The predicted molar refractivity (Wildman–Crippen MR) is 140 cm³/mol. The second-order valence-corrected chi connectivity index (χ2v) is 15.0. The Morgan fingerprint density at radius 1 is 1.03 bits per heavy atom. The highest BCUT2D eigenvalue weighted by Crippen LogP contribution is 2.57. The molecule has 1 aromatic carbocycles. The molecule has 1 nitrogen and oxygen atoms in total. The maximum Gasteiger partial charge on any atom is 0.221 e. The number of rotatable bonds is 5. The van der Waals surface area contributed by atoms with Crippen molar-refractivity contribution < 1.29 is 4.57 Å². The van der Waals surface area contributed by atoms with Crippen molar-refractivity contribution in [2.45, 2.75) is 71.3 Å². The maximum atomic E-state index is 4.18. The summed E-state index contributed by atoms with van der Waals surface area (Å²) in [6.45, 7) is 23.5. The van der Waals surface area contributed by atoms with E-state index in [4.69, 9.17) is 0 Å². The summed E-state index contributed by atoms with van der Waals surface area (Å²) in [7, 11) is -1.16. The van der Waals surface area contributed by atoms with E-state index in [1.54, 1.807) is 22.0 Å². The van der Waals surface area contributed by atoms with Gasteiger partial charge in [0.05, 0.1) is 41.8 Å². The van der Waals surface area contributed by atoms with Crippen molar-refractivity contribution in [3.63, 3.8) is 0 Å². The van der Waals surface area contributed by atoms with Crippen LogP contribution < -0.4 is 9.87 Å². The Labute approximate surface area is 190 Å². The molecule has 0 saturated heterocycles. The Bertz CT molecular complexity index is 1090. The molecule has 1 unspecified atom stereocenters. The van der Waals surface area contributed by atoms with Crippen LogP contribution in [-0.4, -0.2) is 20.0 Å². The summed E-state index contributed by atoms with van der Waals surface area (Å²) in [5.41, 5.74) is 10.5. The molecule has 0 bridgehead atoms. The number of aromatic nitrogens is 1. The van der Waals surface area contributed by atoms with Gasteiger partial charge in [-0.05, 0) is 43.0 Å². The molecule has 0 amide bonds. The lowest BCUT2D eigenvalue weighted by molar-refractivity contribution is -0.769. The van der Waals surface area contributed by atoms with Crippen LogP contribution in [0.4, 0.5) is 0 Å². The van der Waals surface area contributed by atoms with Gasteiger partial charge in [0.25, 0.3) is 0 Å². The van der Waals surface area contributed by atoms with Gasteiger partial charge in [0.1, 0.15) is 0 Å². The fourth-order valence-corrected chi connectivity index (χ4v) is 8.31. The Hall–Kier alpha value is -1.72. The largest absolute Gasteiger partial charge is 0.221 e. The van der Waals surface area contributed by atoms with E-state index in [0.29, 0.717) is 0 Å². The summed E-state index contributed by atoms with van der Waals surface area (Å²) in [5.74, 6) is 0. The Kier molecular flexibility index (Phi) is 5.37. The van der Waals surface area contributed by atoms with Gasteiger partial charge in [-0.3, -0.25) is 0 Å². The fraction of sp³-hybridized carbons (Fsp3) is 0.483. The monoisotopic (exact) mass is 433 g/mol. The van der Waals surface area contributed by atoms with E-state index in [1.807, 2.05) is 0 Å². The van der Waals surface area contributed by atoms with E-state index in [0.717, 1.165) is 25.7 Å². The van der Waals surface area contributed by atoms with Crippen LogP contribution in [0.1, 0.15) is 76.1 Å². The lowest BCUT2D eigenvalue weighted by Gasteiger charge is -2.49. The van der Waals surface area contributed by atoms with E-state index >= 15 is 0 Å². The molecule has 0 radical (unpaired) electrons. The third-order valence-corrected chi connectivity index (χ3v) is 10.5. The van der Waals surface area contributed by atoms with Gasteiger partial charge >= 0.3 is 0 Å². The zero-order valence-corrected chi connectivity index (χ0v) is 21.8. The summed E-state index contributed by atoms with van der Waals surface area (Å²) in [6.07, 6.45) is 11.2. The molecule has 1 aromatic heterocycles. The smallest absolute Gasteiger partial charge is 0.191 e. The van der Waals surface area contributed by atoms with Gasteiger partial charge in [-0.1, -0.05) is 45.6 Å². The van der Waals surface area contributed by atoms with Crippen LogP contribution >= 0.6 is 7.26 Å². The summed E-state index contributed by atoms with van der Waals surface area (Å²) >= 11 is 0. The van der Waals surface area contributed by atoms with Crippen molar-refractivity contribution in [1.29, 1.82) is 0 Å². The molecule has 0 N–H and O–H groups in total. The van der Waals surface area contributed by atoms with Crippen LogP contribution in [0.15, 0.2) is 37.1 Å². The molecule has 31 heavy (non-hydrogen) atoms. The molecule has 2 aromatic rings. The minimum atomic E-state index is -1.16. The SMILES string of the molecule is C=Cc1cc[n+]2c3c1C(=CC)Cc1c([P+](C)(C)C)ccc(c1-3)C(C)(CC)C2(CC)CC. The van der Waals surface area contributed by atoms with Crippen LogP contribution in [0, 0.1) is 0 Å². The molecule has 1 atom stereocenters. The second-order valence-electron chi connectivity index (χ2n) is 10.5. The third kappa shape index (κ3) is 2.75. The van der Waals surface area contributed by atoms with Gasteiger partial charge in [0.15, 0.2) is 11.7 Å². The summed E-state index contributed by atoms with van der Waals surface area (Å²) in [6, 6.07) is 7.32. The highest BCUT2D eigenvalue weighted by atomic mass is 31.2. The van der Waals surface area contributed by atoms with Crippen LogP contribution in [0.2, 0.25) is 0 Å². The zero-order valence-electron chi connectivity index (χ0n) is 20.9. The summed E-state index contributed by atoms with van der Waals surface area (Å²) in [5, 5.41) is 1.60. The zero-order chi connectivity index (χ0) is 22.8. The molecule has 2 aliphatic rings. The van der Waals surface area contributed by atoms with Gasteiger partial charge in [-0.25, -0.2) is 0 Å². The average molecular weight is 434 g/mol. The minimum absolute atomic E-state index is 0.0738. The van der Waals surface area contributed by atoms with Gasteiger partial charge in [0, 0.05) is 38.2 Å². The van der Waals surface area contributed by atoms with E-state index in [2.05, 4.69) is 102 Å². The number of hydrogen-bond donors (Lipinski definition) is 0. The maximum absolute atomic E-state index is 4.18. The van der Waals surface area contributed by atoms with Gasteiger partial charge in [0.2, 0.25) is 5.69 Å². The first-order valence-electron chi connectivity index (χ1n) is 12.0. The van der Waals surface area contributed by atoms with Crippen molar-refractivity contribution in [3.05, 3.63) is 59.3 Å². The van der Waals surface area contributed by atoms with Crippen molar-refractivity contribution in [1.82, 2.24) is 0 Å². The normalized spacial score (nSPS) is 22.4. The minimum Gasteiger partial charge on any atom is -0.191 e. The van der Waals surface area contributed by atoms with E-state index < -0.39 is 7.26 Å². The lowest BCUT2D eigenvalue weighted by Crippen LogP contribution is -2.69. The predicted octanol–water partition coefficient (Wildman–Crippen LogP) is 6.97. The molecular formula is C29H40NP+2. The molecule has 4 rings (SSSR count). The van der Waals surface area contributed by atoms with Crippen molar-refractivity contribution >= 4 is 24.2 Å². The highest BCUT2D eigenvalue weighted by molar-refractivity contribution is 7.81. The molecule has 1 aliphatic heterocycles. The van der Waals surface area contributed by atoms with Gasteiger partial charge < -0.3 is 0 Å². The first kappa shape index (κ1) is 22.5. The van der Waals surface area contributed by atoms with Crippen molar-refractivity contribution in [2.24, 2.45) is 0 Å². The standard InChI is InChI=1S/C29H40NP/c1-10-20-17-18-30-27-25(20)21(11-2)19-22-24(31(7,8)9)16-15-23(26(22)27)28(6,12-3)29(30,13-4)14-5/h10-11,15-18H,1,12-14,19H2,2-9H3/q+2. The third-order valence-electron chi connectivity index (χ3n) is 8.63. The number of nitrogens with zero attached hydrogens (tertiary/aromatic N) is 1. The summed E-state index contributed by atoms with van der Waals surface area (Å²) < 4.78 is 2.69. The van der Waals surface area contributed by atoms with Crippen LogP contribution in [0.5, 0.6) is 0 Å². The molecule has 0 fully saturated rings. The lowest BCUT2D eigenvalue weighted by atomic mass is 9.57. The summed E-state index contributed by atoms with van der Waals surface area (Å²) in [4.78, 5) is 0. The Morgan fingerprint density at radius 2 is 1.71 bits per heavy atom. The number of hydrogen-bond acceptors (Lipinski definition) is 0. The molecule has 0 saturated carbocycles. The van der Waals surface area contributed by atoms with Gasteiger partial charge in [-0.2, -0.15) is 4.57 Å². The van der Waals surface area contributed by atoms with Crippen LogP contribution in [-0.2, 0) is 17.4 Å². The number of allylic oxidation sites excluding steroid dienone is 2. The van der Waals surface area contributed by atoms with Crippen LogP contribution in [0.25, 0.3) is 22.9 Å². The van der Waals surface area contributed by atoms with E-state index in [-0.39, 0.29) is 11.0 Å². The van der Waals surface area contributed by atoms with E-state index in [1.165, 1.54) is 22.4 Å². The van der Waals surface area contributed by atoms with E-state index in [9.17, 15) is 0 Å². The number of pyridine rings is 1. The molecule has 1 aliphatic carbocycles. The topological polar surface area (TPSA) is 3.88 Å². The quantitative estimate of drug-likeness (QED) is 0.354. The molecule has 0 spiro atoms. The number of benzene rings is 1. The fourth-order valence-electron chi connectivity index (χ4n) is 6.79. The molecular weight excluding hydrogens is 393 g/mol. The first-order valence-corrected chi connectivity index (χ1v) is 15.1. The van der Waals surface area contributed by atoms with Crippen LogP contribution in [0.3, 0.4) is 0 Å². The Balaban J connectivity index is 2.29. The Morgan fingerprint density at radius 3 is 2.23 bits per heavy atom. The van der Waals surface area contributed by atoms with Gasteiger partial charge in [-0.15, -0.1) is 0 Å².